The average molecular weight is 826 g/mol. The number of para-hydroxylation sites is 1. The van der Waals surface area contributed by atoms with Gasteiger partial charge in [0.2, 0.25) is 20.0 Å². The molecule has 0 N–H and O–H groups in total. The van der Waals surface area contributed by atoms with Gasteiger partial charge in [0, 0.05) is 87.1 Å². The number of fused-ring (bicyclic) bond motifs is 2. The summed E-state index contributed by atoms with van der Waals surface area (Å²) in [5.41, 5.74) is 4.48. The van der Waals surface area contributed by atoms with E-state index < -0.39 is 41.4 Å². The quantitative estimate of drug-likeness (QED) is 0.123. The third kappa shape index (κ3) is 6.58. The van der Waals surface area contributed by atoms with E-state index in [1.165, 1.54) is 32.5 Å². The van der Waals surface area contributed by atoms with Crippen LogP contribution in [-0.4, -0.2) is 86.8 Å². The van der Waals surface area contributed by atoms with Gasteiger partial charge in [-0.15, -0.1) is 0 Å². The number of nitrogens with zero attached hydrogens (tertiary/aromatic N) is 9. The van der Waals surface area contributed by atoms with Gasteiger partial charge in [0.15, 0.2) is 10.7 Å². The minimum atomic E-state index is -4.21. The maximum Gasteiger partial charge on any atom is 0.289 e. The molecule has 58 heavy (non-hydrogen) atoms. The number of hydrogen-bond donors (Lipinski definition) is 0. The first-order chi connectivity index (χ1) is 27.5. The normalized spacial score (nSPS) is 20.5. The van der Waals surface area contributed by atoms with Crippen molar-refractivity contribution in [2.75, 3.05) is 36.0 Å². The van der Waals surface area contributed by atoms with Crippen LogP contribution < -0.4 is 9.80 Å². The van der Waals surface area contributed by atoms with Crippen LogP contribution in [0.25, 0.3) is 22.3 Å². The van der Waals surface area contributed by atoms with Crippen LogP contribution in [0.3, 0.4) is 0 Å². The lowest BCUT2D eigenvalue weighted by Crippen LogP contribution is -2.54. The highest BCUT2D eigenvalue weighted by atomic mass is 32.2. The molecule has 2 atom stereocenters. The molecule has 0 radical (unpaired) electrons. The molecular formula is C41H47N9O6S2. The summed E-state index contributed by atoms with van der Waals surface area (Å²) in [6.07, 6.45) is 8.07. The Labute approximate surface area is 338 Å². The van der Waals surface area contributed by atoms with Crippen molar-refractivity contribution in [2.24, 2.45) is 7.05 Å². The highest BCUT2D eigenvalue weighted by molar-refractivity contribution is 7.91. The van der Waals surface area contributed by atoms with Crippen LogP contribution in [-0.2, 0) is 40.1 Å². The van der Waals surface area contributed by atoms with Gasteiger partial charge < -0.3 is 9.80 Å². The van der Waals surface area contributed by atoms with E-state index in [1.807, 2.05) is 36.9 Å². The monoisotopic (exact) mass is 825 g/mol. The highest BCUT2D eigenvalue weighted by Gasteiger charge is 2.41. The zero-order chi connectivity index (χ0) is 41.3. The summed E-state index contributed by atoms with van der Waals surface area (Å²) in [5.74, 6) is 2.32. The van der Waals surface area contributed by atoms with Crippen molar-refractivity contribution >= 4 is 48.3 Å². The molecular weight excluding hydrogens is 779 g/mol. The predicted molar refractivity (Wildman–Crippen MR) is 224 cm³/mol. The van der Waals surface area contributed by atoms with Gasteiger partial charge >= 0.3 is 0 Å². The van der Waals surface area contributed by atoms with Crippen LogP contribution in [0, 0.1) is 10.1 Å². The Bertz CT molecular complexity index is 2760. The Hall–Kier alpha value is -5.39. The van der Waals surface area contributed by atoms with Crippen molar-refractivity contribution < 1.29 is 21.8 Å². The minimum absolute atomic E-state index is 0.0744. The number of aromatic nitrogens is 5. The highest BCUT2D eigenvalue weighted by Crippen LogP contribution is 2.39. The van der Waals surface area contributed by atoms with Gasteiger partial charge in [-0.2, -0.15) is 9.40 Å². The summed E-state index contributed by atoms with van der Waals surface area (Å²) < 4.78 is 59.9. The summed E-state index contributed by atoms with van der Waals surface area (Å²) >= 11 is 0. The molecule has 2 aliphatic heterocycles. The van der Waals surface area contributed by atoms with Crippen molar-refractivity contribution in [1.29, 1.82) is 0 Å². The molecule has 15 nitrogen and oxygen atoms in total. The summed E-state index contributed by atoms with van der Waals surface area (Å²) in [6.45, 7) is 11.5. The number of aryl methyl sites for hydroxylation is 1. The molecule has 1 saturated heterocycles. The van der Waals surface area contributed by atoms with E-state index in [2.05, 4.69) is 29.7 Å². The van der Waals surface area contributed by atoms with E-state index in [1.54, 1.807) is 44.3 Å². The molecule has 0 saturated carbocycles. The number of sulfonamides is 1. The van der Waals surface area contributed by atoms with E-state index in [0.29, 0.717) is 54.0 Å². The Morgan fingerprint density at radius 3 is 2.47 bits per heavy atom. The number of anilines is 2. The van der Waals surface area contributed by atoms with E-state index in [9.17, 15) is 26.9 Å². The maximum atomic E-state index is 14.3. The van der Waals surface area contributed by atoms with Crippen molar-refractivity contribution in [3.05, 3.63) is 112 Å². The van der Waals surface area contributed by atoms with E-state index in [-0.39, 0.29) is 30.4 Å². The first-order valence-corrected chi connectivity index (χ1v) is 22.3. The van der Waals surface area contributed by atoms with E-state index >= 15 is 0 Å². The summed E-state index contributed by atoms with van der Waals surface area (Å²) in [5, 5.41) is 17.3. The SMILES string of the molecule is CC1=CC=CC(C)(S(=O)(=O)n2ccc3c(-c4nc5c(c(N6CCN(S(=O)(=O)c7ccccc7[N+](=O)[O-])[C@H](C)C6)n4)CN(c4cc(C(C)C)nn4C)CC5)cccc32)C1. The average Bonchev–Trinajstić information content (AvgIpc) is 3.81. The molecule has 3 aliphatic rings. The van der Waals surface area contributed by atoms with Crippen LogP contribution >= 0.6 is 0 Å². The first kappa shape index (κ1) is 39.4. The maximum absolute atomic E-state index is 14.3. The standard InChI is InChI=1S/C41H47N9O6S2/c1-27(2)34-23-38(45(6)44-34)46-19-17-33-32(26-46)40(47-21-22-48(29(4)25-47)57(53,54)37-15-8-7-13-36(37)50(51)52)43-39(42-33)31-12-9-14-35-30(31)16-20-49(35)58(55,56)41(5)18-10-11-28(3)24-41/h7-16,18,20,23,27,29H,17,19,21-22,24-26H2,1-6H3/t29-,41?/m1/s1. The summed E-state index contributed by atoms with van der Waals surface area (Å²) in [7, 11) is -6.14. The molecule has 5 aromatic rings. The Morgan fingerprint density at radius 1 is 0.983 bits per heavy atom. The Balaban J connectivity index is 1.20. The van der Waals surface area contributed by atoms with Gasteiger partial charge in [-0.25, -0.2) is 30.8 Å². The van der Waals surface area contributed by atoms with Crippen LogP contribution in [0.15, 0.2) is 89.5 Å². The molecule has 0 amide bonds. The van der Waals surface area contributed by atoms with Gasteiger partial charge in [-0.1, -0.05) is 61.9 Å². The molecule has 1 aliphatic carbocycles. The fourth-order valence-corrected chi connectivity index (χ4v) is 12.0. The van der Waals surface area contributed by atoms with Crippen molar-refractivity contribution in [2.45, 2.75) is 75.6 Å². The molecule has 1 fully saturated rings. The van der Waals surface area contributed by atoms with Crippen molar-refractivity contribution in [3.63, 3.8) is 0 Å². The molecule has 17 heteroatoms. The number of rotatable bonds is 9. The first-order valence-electron chi connectivity index (χ1n) is 19.4. The third-order valence-corrected chi connectivity index (χ3v) is 15.9. The third-order valence-electron chi connectivity index (χ3n) is 11.6. The van der Waals surface area contributed by atoms with Crippen LogP contribution in [0.2, 0.25) is 0 Å². The van der Waals surface area contributed by atoms with Crippen LogP contribution in [0.4, 0.5) is 17.3 Å². The smallest absolute Gasteiger partial charge is 0.289 e. The molecule has 0 bridgehead atoms. The lowest BCUT2D eigenvalue weighted by molar-refractivity contribution is -0.387. The number of benzene rings is 2. The second kappa shape index (κ2) is 14.5. The number of hydrogen-bond acceptors (Lipinski definition) is 11. The van der Waals surface area contributed by atoms with E-state index in [0.717, 1.165) is 28.3 Å². The zero-order valence-electron chi connectivity index (χ0n) is 33.4. The van der Waals surface area contributed by atoms with Gasteiger partial charge in [0.25, 0.3) is 5.69 Å². The number of allylic oxidation sites excluding steroid dienone is 3. The zero-order valence-corrected chi connectivity index (χ0v) is 35.0. The van der Waals surface area contributed by atoms with Gasteiger partial charge in [0.1, 0.15) is 16.4 Å². The largest absolute Gasteiger partial charge is 0.353 e. The fraction of sp³-hybridized carbons (Fsp3) is 0.390. The number of piperazine rings is 1. The predicted octanol–water partition coefficient (Wildman–Crippen LogP) is 6.17. The van der Waals surface area contributed by atoms with Gasteiger partial charge in [0.05, 0.1) is 21.8 Å². The number of nitro benzene ring substituents is 1. The molecule has 3 aromatic heterocycles. The van der Waals surface area contributed by atoms with Crippen molar-refractivity contribution in [1.82, 2.24) is 28.0 Å². The summed E-state index contributed by atoms with van der Waals surface area (Å²) in [6, 6.07) is 14.3. The molecule has 8 rings (SSSR count). The fourth-order valence-electron chi connectivity index (χ4n) is 8.51. The van der Waals surface area contributed by atoms with Crippen LogP contribution in [0.1, 0.15) is 63.9 Å². The summed E-state index contributed by atoms with van der Waals surface area (Å²) in [4.78, 5) is 25.6. The minimum Gasteiger partial charge on any atom is -0.353 e. The van der Waals surface area contributed by atoms with Gasteiger partial charge in [-0.3, -0.25) is 14.8 Å². The lowest BCUT2D eigenvalue weighted by atomic mass is 9.96. The topological polar surface area (TPSA) is 170 Å². The Morgan fingerprint density at radius 2 is 1.76 bits per heavy atom. The van der Waals surface area contributed by atoms with Crippen molar-refractivity contribution in [3.8, 4) is 11.4 Å². The molecule has 304 valence electrons. The molecule has 5 heterocycles. The Kier molecular flexibility index (Phi) is 9.83. The second-order valence-corrected chi connectivity index (χ2v) is 20.2. The molecule has 2 aromatic carbocycles. The molecule has 0 spiro atoms. The number of nitro groups is 1. The van der Waals surface area contributed by atoms with E-state index in [4.69, 9.17) is 15.1 Å². The lowest BCUT2D eigenvalue weighted by Gasteiger charge is -2.41. The second-order valence-electron chi connectivity index (χ2n) is 16.0. The van der Waals surface area contributed by atoms with Gasteiger partial charge in [-0.05, 0) is 51.3 Å². The van der Waals surface area contributed by atoms with Crippen LogP contribution in [0.5, 0.6) is 0 Å². The molecule has 1 unspecified atom stereocenters.